The molecule has 0 bridgehead atoms. The van der Waals surface area contributed by atoms with Crippen LogP contribution >= 0.6 is 0 Å². The van der Waals surface area contributed by atoms with Crippen molar-refractivity contribution in [2.24, 2.45) is 5.92 Å². The van der Waals surface area contributed by atoms with Crippen molar-refractivity contribution < 1.29 is 18.7 Å². The van der Waals surface area contributed by atoms with Crippen molar-refractivity contribution in [1.29, 1.82) is 0 Å². The molecule has 0 aliphatic heterocycles. The number of halogens is 1. The molecule has 0 heterocycles. The second-order valence-corrected chi connectivity index (χ2v) is 6.11. The fourth-order valence-electron chi connectivity index (χ4n) is 2.00. The summed E-state index contributed by atoms with van der Waals surface area (Å²) < 4.78 is 24.0. The molecule has 1 aromatic rings. The molecule has 0 aliphatic rings. The zero-order valence-electron chi connectivity index (χ0n) is 14.6. The van der Waals surface area contributed by atoms with Gasteiger partial charge >= 0.3 is 6.03 Å². The summed E-state index contributed by atoms with van der Waals surface area (Å²) in [6.07, 6.45) is 0. The fraction of sp³-hybridized carbons (Fsp3) is 0.588. The van der Waals surface area contributed by atoms with E-state index in [1.54, 1.807) is 19.2 Å². The number of urea groups is 1. The van der Waals surface area contributed by atoms with Gasteiger partial charge in [-0.2, -0.15) is 0 Å². The molecule has 0 saturated carbocycles. The highest BCUT2D eigenvalue weighted by Gasteiger charge is 2.13. The van der Waals surface area contributed by atoms with Crippen molar-refractivity contribution in [2.45, 2.75) is 33.4 Å². The van der Waals surface area contributed by atoms with Crippen molar-refractivity contribution in [3.8, 4) is 5.75 Å². The van der Waals surface area contributed by atoms with Gasteiger partial charge in [0.15, 0.2) is 11.6 Å². The number of hydrogen-bond acceptors (Lipinski definition) is 3. The Morgan fingerprint density at radius 3 is 2.57 bits per heavy atom. The summed E-state index contributed by atoms with van der Waals surface area (Å²) >= 11 is 0. The lowest BCUT2D eigenvalue weighted by Gasteiger charge is -2.22. The lowest BCUT2D eigenvalue weighted by Crippen LogP contribution is -2.43. The Bertz CT molecular complexity index is 509. The van der Waals surface area contributed by atoms with Gasteiger partial charge in [0.05, 0.1) is 19.8 Å². The Hall–Kier alpha value is -1.82. The largest absolute Gasteiger partial charge is 0.494 e. The Morgan fingerprint density at radius 1 is 1.30 bits per heavy atom. The molecule has 2 amide bonds. The first-order chi connectivity index (χ1) is 10.8. The van der Waals surface area contributed by atoms with E-state index in [0.717, 1.165) is 0 Å². The quantitative estimate of drug-likeness (QED) is 0.799. The van der Waals surface area contributed by atoms with Crippen LogP contribution in [0.1, 0.15) is 26.3 Å². The molecule has 0 radical (unpaired) electrons. The third kappa shape index (κ3) is 6.86. The molecular formula is C17H27FN2O3. The van der Waals surface area contributed by atoms with Crippen LogP contribution in [0.4, 0.5) is 9.18 Å². The highest BCUT2D eigenvalue weighted by molar-refractivity contribution is 5.74. The first-order valence-corrected chi connectivity index (χ1v) is 7.75. The molecule has 130 valence electrons. The molecule has 23 heavy (non-hydrogen) atoms. The van der Waals surface area contributed by atoms with Gasteiger partial charge in [-0.1, -0.05) is 19.9 Å². The van der Waals surface area contributed by atoms with E-state index < -0.39 is 5.82 Å². The predicted molar refractivity (Wildman–Crippen MR) is 88.1 cm³/mol. The van der Waals surface area contributed by atoms with Gasteiger partial charge in [0.25, 0.3) is 0 Å². The first kappa shape index (κ1) is 19.2. The van der Waals surface area contributed by atoms with Crippen LogP contribution in [-0.2, 0) is 11.3 Å². The van der Waals surface area contributed by atoms with E-state index in [1.807, 2.05) is 6.92 Å². The molecular weight excluding hydrogens is 299 g/mol. The number of methoxy groups -OCH3 is 1. The Kier molecular flexibility index (Phi) is 7.81. The van der Waals surface area contributed by atoms with Gasteiger partial charge in [0.2, 0.25) is 0 Å². The summed E-state index contributed by atoms with van der Waals surface area (Å²) in [7, 11) is 3.08. The van der Waals surface area contributed by atoms with Crippen molar-refractivity contribution in [1.82, 2.24) is 10.2 Å². The van der Waals surface area contributed by atoms with E-state index in [1.165, 1.54) is 18.1 Å². The van der Waals surface area contributed by atoms with Crippen LogP contribution in [0, 0.1) is 11.7 Å². The third-order valence-electron chi connectivity index (χ3n) is 3.17. The zero-order valence-corrected chi connectivity index (χ0v) is 14.6. The van der Waals surface area contributed by atoms with Crippen LogP contribution in [0.3, 0.4) is 0 Å². The Balaban J connectivity index is 2.45. The molecule has 1 atom stereocenters. The van der Waals surface area contributed by atoms with E-state index in [9.17, 15) is 9.18 Å². The van der Waals surface area contributed by atoms with Crippen molar-refractivity contribution in [3.05, 3.63) is 29.6 Å². The maximum Gasteiger partial charge on any atom is 0.317 e. The highest BCUT2D eigenvalue weighted by atomic mass is 19.1. The molecule has 1 unspecified atom stereocenters. The summed E-state index contributed by atoms with van der Waals surface area (Å²) in [5.74, 6) is 0.219. The number of carbonyl (C=O) groups is 1. The molecule has 0 aromatic heterocycles. The minimum atomic E-state index is -0.436. The molecule has 0 spiro atoms. The van der Waals surface area contributed by atoms with Crippen LogP contribution in [0.5, 0.6) is 5.75 Å². The van der Waals surface area contributed by atoms with E-state index in [4.69, 9.17) is 9.47 Å². The van der Waals surface area contributed by atoms with Crippen LogP contribution in [0.25, 0.3) is 0 Å². The van der Waals surface area contributed by atoms with Crippen molar-refractivity contribution in [2.75, 3.05) is 27.4 Å². The van der Waals surface area contributed by atoms with Gasteiger partial charge in [-0.05, 0) is 30.5 Å². The first-order valence-electron chi connectivity index (χ1n) is 7.75. The summed E-state index contributed by atoms with van der Waals surface area (Å²) in [5.41, 5.74) is 0.699. The van der Waals surface area contributed by atoms with Crippen LogP contribution in [0.2, 0.25) is 0 Å². The monoisotopic (exact) mass is 326 g/mol. The van der Waals surface area contributed by atoms with Crippen molar-refractivity contribution in [3.63, 3.8) is 0 Å². The SMILES string of the molecule is COc1ccc(CN(C)C(=O)NC(C)COCC(C)C)cc1F. The summed E-state index contributed by atoms with van der Waals surface area (Å²) in [6, 6.07) is 4.36. The maximum atomic E-state index is 13.7. The number of amides is 2. The minimum Gasteiger partial charge on any atom is -0.494 e. The van der Waals surface area contributed by atoms with Crippen LogP contribution in [-0.4, -0.2) is 44.3 Å². The standard InChI is InChI=1S/C17H27FN2O3/c1-12(2)10-23-11-13(3)19-17(21)20(4)9-14-6-7-16(22-5)15(18)8-14/h6-8,12-13H,9-11H2,1-5H3,(H,19,21). The lowest BCUT2D eigenvalue weighted by molar-refractivity contribution is 0.0937. The summed E-state index contributed by atoms with van der Waals surface area (Å²) in [5, 5.41) is 2.85. The van der Waals surface area contributed by atoms with Gasteiger partial charge in [0.1, 0.15) is 0 Å². The number of carbonyl (C=O) groups excluding carboxylic acids is 1. The Labute approximate surface area is 137 Å². The minimum absolute atomic E-state index is 0.0868. The van der Waals surface area contributed by atoms with Crippen LogP contribution in [0.15, 0.2) is 18.2 Å². The van der Waals surface area contributed by atoms with Gasteiger partial charge in [-0.25, -0.2) is 9.18 Å². The zero-order chi connectivity index (χ0) is 17.4. The van der Waals surface area contributed by atoms with Gasteiger partial charge in [0, 0.05) is 20.2 Å². The molecule has 1 aromatic carbocycles. The average Bonchev–Trinajstić information content (AvgIpc) is 2.46. The number of ether oxygens (including phenoxy) is 2. The third-order valence-corrected chi connectivity index (χ3v) is 3.17. The van der Waals surface area contributed by atoms with E-state index in [-0.39, 0.29) is 17.8 Å². The molecule has 0 aliphatic carbocycles. The van der Waals surface area contributed by atoms with Crippen LogP contribution < -0.4 is 10.1 Å². The number of rotatable bonds is 8. The molecule has 6 heteroatoms. The normalized spacial score (nSPS) is 12.1. The molecule has 1 N–H and O–H groups in total. The highest BCUT2D eigenvalue weighted by Crippen LogP contribution is 2.18. The smallest absolute Gasteiger partial charge is 0.317 e. The predicted octanol–water partition coefficient (Wildman–Crippen LogP) is 3.04. The van der Waals surface area contributed by atoms with Gasteiger partial charge in [-0.15, -0.1) is 0 Å². The molecule has 5 nitrogen and oxygen atoms in total. The fourth-order valence-corrected chi connectivity index (χ4v) is 2.00. The number of nitrogens with zero attached hydrogens (tertiary/aromatic N) is 1. The summed E-state index contributed by atoms with van der Waals surface area (Å²) in [4.78, 5) is 13.6. The number of benzene rings is 1. The lowest BCUT2D eigenvalue weighted by atomic mass is 10.2. The Morgan fingerprint density at radius 2 is 2.00 bits per heavy atom. The molecule has 0 fully saturated rings. The van der Waals surface area contributed by atoms with Gasteiger partial charge < -0.3 is 19.7 Å². The van der Waals surface area contributed by atoms with E-state index in [2.05, 4.69) is 19.2 Å². The van der Waals surface area contributed by atoms with E-state index in [0.29, 0.717) is 31.2 Å². The van der Waals surface area contributed by atoms with Gasteiger partial charge in [-0.3, -0.25) is 0 Å². The summed E-state index contributed by atoms with van der Waals surface area (Å²) in [6.45, 7) is 7.48. The average molecular weight is 326 g/mol. The second kappa shape index (κ2) is 9.35. The maximum absolute atomic E-state index is 13.7. The van der Waals surface area contributed by atoms with E-state index >= 15 is 0 Å². The number of nitrogens with one attached hydrogen (secondary N) is 1. The molecule has 0 saturated heterocycles. The topological polar surface area (TPSA) is 50.8 Å². The van der Waals surface area contributed by atoms with Crippen molar-refractivity contribution >= 4 is 6.03 Å². The second-order valence-electron chi connectivity index (χ2n) is 6.11. The molecule has 1 rings (SSSR count). The number of hydrogen-bond donors (Lipinski definition) is 1.